The Bertz CT molecular complexity index is 339. The van der Waals surface area contributed by atoms with Crippen LogP contribution in [-0.4, -0.2) is 11.7 Å². The van der Waals surface area contributed by atoms with Crippen molar-refractivity contribution in [2.24, 2.45) is 10.7 Å². The molecule has 2 nitrogen and oxygen atoms in total. The molecule has 0 aliphatic rings. The lowest BCUT2D eigenvalue weighted by molar-refractivity contribution is 0.628. The smallest absolute Gasteiger partial charge is 0.143 e. The summed E-state index contributed by atoms with van der Waals surface area (Å²) < 4.78 is 12.9. The lowest BCUT2D eigenvalue weighted by Gasteiger charge is -1.97. The van der Waals surface area contributed by atoms with Gasteiger partial charge in [0.15, 0.2) is 0 Å². The van der Waals surface area contributed by atoms with Crippen LogP contribution in [0.2, 0.25) is 5.02 Å². The average molecular weight is 221 g/mol. The largest absolute Gasteiger partial charge is 0.386 e. The highest BCUT2D eigenvalue weighted by atomic mass is 35.5. The van der Waals surface area contributed by atoms with Crippen molar-refractivity contribution in [1.29, 1.82) is 0 Å². The molecular formula is C8H7Cl2FN2. The fourth-order valence-corrected chi connectivity index (χ4v) is 0.928. The van der Waals surface area contributed by atoms with Crippen LogP contribution in [0.4, 0.5) is 10.1 Å². The number of hydrogen-bond donors (Lipinski definition) is 1. The maximum Gasteiger partial charge on any atom is 0.143 e. The van der Waals surface area contributed by atoms with Gasteiger partial charge in [0, 0.05) is 6.07 Å². The summed E-state index contributed by atoms with van der Waals surface area (Å²) in [6.45, 7) is 0. The number of nitrogens with zero attached hydrogens (tertiary/aromatic N) is 1. The van der Waals surface area contributed by atoms with E-state index in [1.165, 1.54) is 12.1 Å². The summed E-state index contributed by atoms with van der Waals surface area (Å²) in [6.07, 6.45) is 0. The van der Waals surface area contributed by atoms with E-state index in [9.17, 15) is 4.39 Å². The van der Waals surface area contributed by atoms with Gasteiger partial charge in [-0.1, -0.05) is 11.6 Å². The van der Waals surface area contributed by atoms with Crippen molar-refractivity contribution in [1.82, 2.24) is 0 Å². The zero-order chi connectivity index (χ0) is 9.84. The summed E-state index contributed by atoms with van der Waals surface area (Å²) in [6, 6.07) is 4.17. The lowest BCUT2D eigenvalue weighted by atomic mass is 10.3. The quantitative estimate of drug-likeness (QED) is 0.465. The van der Waals surface area contributed by atoms with Crippen molar-refractivity contribution in [2.75, 3.05) is 5.88 Å². The third kappa shape index (κ3) is 2.86. The Hall–Kier alpha value is -0.800. The van der Waals surface area contributed by atoms with Crippen molar-refractivity contribution in [2.45, 2.75) is 0 Å². The zero-order valence-corrected chi connectivity index (χ0v) is 8.11. The SMILES string of the molecule is NC(CCl)=Nc1ccc(Cl)c(F)c1. The average Bonchev–Trinajstić information content (AvgIpc) is 2.11. The molecule has 1 rings (SSSR count). The molecule has 1 aromatic carbocycles. The number of halogens is 3. The minimum absolute atomic E-state index is 0.0587. The summed E-state index contributed by atoms with van der Waals surface area (Å²) in [4.78, 5) is 3.84. The summed E-state index contributed by atoms with van der Waals surface area (Å²) in [5.41, 5.74) is 5.76. The normalized spacial score (nSPS) is 11.8. The fourth-order valence-electron chi connectivity index (χ4n) is 0.750. The number of amidine groups is 1. The van der Waals surface area contributed by atoms with E-state index in [4.69, 9.17) is 28.9 Å². The van der Waals surface area contributed by atoms with Crippen LogP contribution in [0.5, 0.6) is 0 Å². The monoisotopic (exact) mass is 220 g/mol. The van der Waals surface area contributed by atoms with Gasteiger partial charge in [-0.15, -0.1) is 11.6 Å². The molecule has 0 spiro atoms. The maximum absolute atomic E-state index is 12.9. The Morgan fingerprint density at radius 3 is 2.77 bits per heavy atom. The number of benzene rings is 1. The molecule has 5 heteroatoms. The topological polar surface area (TPSA) is 38.4 Å². The van der Waals surface area contributed by atoms with Gasteiger partial charge in [0.25, 0.3) is 0 Å². The van der Waals surface area contributed by atoms with E-state index in [1.807, 2.05) is 0 Å². The zero-order valence-electron chi connectivity index (χ0n) is 6.60. The molecule has 0 radical (unpaired) electrons. The van der Waals surface area contributed by atoms with Gasteiger partial charge in [-0.25, -0.2) is 9.38 Å². The van der Waals surface area contributed by atoms with E-state index >= 15 is 0 Å². The molecule has 0 fully saturated rings. The van der Waals surface area contributed by atoms with E-state index in [2.05, 4.69) is 4.99 Å². The van der Waals surface area contributed by atoms with Gasteiger partial charge in [0.1, 0.15) is 11.7 Å². The highest BCUT2D eigenvalue weighted by Gasteiger charge is 1.99. The Balaban J connectivity index is 2.98. The third-order valence-electron chi connectivity index (χ3n) is 1.31. The van der Waals surface area contributed by atoms with Crippen LogP contribution < -0.4 is 5.73 Å². The van der Waals surface area contributed by atoms with Gasteiger partial charge in [-0.2, -0.15) is 0 Å². The molecule has 0 atom stereocenters. The van der Waals surface area contributed by atoms with E-state index in [-0.39, 0.29) is 16.7 Å². The van der Waals surface area contributed by atoms with Crippen molar-refractivity contribution < 1.29 is 4.39 Å². The summed E-state index contributed by atoms with van der Waals surface area (Å²) in [5.74, 6) is -0.168. The molecule has 0 aliphatic carbocycles. The first kappa shape index (κ1) is 10.3. The minimum Gasteiger partial charge on any atom is -0.386 e. The molecule has 0 amide bonds. The lowest BCUT2D eigenvalue weighted by Crippen LogP contribution is -2.12. The van der Waals surface area contributed by atoms with Crippen LogP contribution in [-0.2, 0) is 0 Å². The molecule has 0 aromatic heterocycles. The fraction of sp³-hybridized carbons (Fsp3) is 0.125. The summed E-state index contributed by atoms with van der Waals surface area (Å²) in [7, 11) is 0. The first-order valence-corrected chi connectivity index (χ1v) is 4.39. The Kier molecular flexibility index (Phi) is 3.51. The second kappa shape index (κ2) is 4.44. The van der Waals surface area contributed by atoms with Crippen LogP contribution in [0.1, 0.15) is 0 Å². The van der Waals surface area contributed by atoms with Crippen molar-refractivity contribution >= 4 is 34.7 Å². The molecule has 0 bridgehead atoms. The predicted molar refractivity (Wildman–Crippen MR) is 53.4 cm³/mol. The maximum atomic E-state index is 12.9. The first-order valence-electron chi connectivity index (χ1n) is 3.47. The standard InChI is InChI=1S/C8H7Cl2FN2/c9-4-8(12)13-5-1-2-6(10)7(11)3-5/h1-3H,4H2,(H2,12,13). The molecule has 0 saturated heterocycles. The number of hydrogen-bond acceptors (Lipinski definition) is 1. The van der Waals surface area contributed by atoms with Gasteiger partial charge in [0.05, 0.1) is 16.6 Å². The summed E-state index contributed by atoms with van der Waals surface area (Å²) in [5, 5.41) is 0.0587. The highest BCUT2D eigenvalue weighted by Crippen LogP contribution is 2.20. The second-order valence-corrected chi connectivity index (χ2v) is 3.01. The molecule has 13 heavy (non-hydrogen) atoms. The first-order chi connectivity index (χ1) is 6.13. The van der Waals surface area contributed by atoms with Gasteiger partial charge in [-0.3, -0.25) is 0 Å². The molecule has 0 heterocycles. The van der Waals surface area contributed by atoms with Gasteiger partial charge in [-0.05, 0) is 12.1 Å². The number of alkyl halides is 1. The molecular weight excluding hydrogens is 214 g/mol. The van der Waals surface area contributed by atoms with Gasteiger partial charge < -0.3 is 5.73 Å². The van der Waals surface area contributed by atoms with Crippen LogP contribution >= 0.6 is 23.2 Å². The summed E-state index contributed by atoms with van der Waals surface area (Å²) >= 11 is 10.9. The number of rotatable bonds is 2. The van der Waals surface area contributed by atoms with E-state index in [1.54, 1.807) is 6.07 Å². The van der Waals surface area contributed by atoms with Crippen molar-refractivity contribution in [3.63, 3.8) is 0 Å². The Morgan fingerprint density at radius 1 is 1.54 bits per heavy atom. The third-order valence-corrected chi connectivity index (χ3v) is 1.89. The molecule has 0 unspecified atom stereocenters. The predicted octanol–water partition coefficient (Wildman–Crippen LogP) is 2.71. The number of nitrogens with two attached hydrogens (primary N) is 1. The molecule has 2 N–H and O–H groups in total. The van der Waals surface area contributed by atoms with E-state index < -0.39 is 5.82 Å². The molecule has 1 aromatic rings. The van der Waals surface area contributed by atoms with Gasteiger partial charge >= 0.3 is 0 Å². The van der Waals surface area contributed by atoms with Crippen molar-refractivity contribution in [3.8, 4) is 0 Å². The van der Waals surface area contributed by atoms with Crippen LogP contribution in [0.15, 0.2) is 23.2 Å². The molecule has 70 valence electrons. The van der Waals surface area contributed by atoms with E-state index in [0.29, 0.717) is 5.69 Å². The Morgan fingerprint density at radius 2 is 2.23 bits per heavy atom. The van der Waals surface area contributed by atoms with E-state index in [0.717, 1.165) is 0 Å². The minimum atomic E-state index is -0.523. The van der Waals surface area contributed by atoms with Crippen LogP contribution in [0.25, 0.3) is 0 Å². The van der Waals surface area contributed by atoms with Crippen molar-refractivity contribution in [3.05, 3.63) is 29.0 Å². The van der Waals surface area contributed by atoms with Gasteiger partial charge in [0.2, 0.25) is 0 Å². The molecule has 0 saturated carbocycles. The number of aliphatic imine (C=N–C) groups is 1. The second-order valence-electron chi connectivity index (χ2n) is 2.34. The van der Waals surface area contributed by atoms with Crippen LogP contribution in [0.3, 0.4) is 0 Å². The van der Waals surface area contributed by atoms with Crippen LogP contribution in [0, 0.1) is 5.82 Å². The highest BCUT2D eigenvalue weighted by molar-refractivity contribution is 6.30. The Labute approximate surface area is 85.2 Å². The molecule has 0 aliphatic heterocycles.